The number of hydrogen-bond donors (Lipinski definition) is 1. The summed E-state index contributed by atoms with van der Waals surface area (Å²) in [4.78, 5) is 12.6. The Kier molecular flexibility index (Phi) is 1.72. The summed E-state index contributed by atoms with van der Waals surface area (Å²) in [6.45, 7) is 0. The summed E-state index contributed by atoms with van der Waals surface area (Å²) in [6, 6.07) is 8.10. The first kappa shape index (κ1) is 8.10. The predicted octanol–water partition coefficient (Wildman–Crippen LogP) is 0.932. The van der Waals surface area contributed by atoms with Crippen LogP contribution in [0.3, 0.4) is 0 Å². The van der Waals surface area contributed by atoms with E-state index in [1.807, 2.05) is 19.2 Å². The van der Waals surface area contributed by atoms with Crippen molar-refractivity contribution in [2.45, 2.75) is 12.5 Å². The van der Waals surface area contributed by atoms with E-state index in [-0.39, 0.29) is 0 Å². The smallest absolute Gasteiger partial charge is 0.326 e. The molecule has 0 saturated carbocycles. The molecule has 1 aromatic carbocycles. The molecule has 0 bridgehead atoms. The minimum absolute atomic E-state index is 0.411. The van der Waals surface area contributed by atoms with Gasteiger partial charge in [0.15, 0.2) is 0 Å². The Morgan fingerprint density at radius 3 is 3.15 bits per heavy atom. The number of carboxylic acid groups (broad SMARTS) is 1. The van der Waals surface area contributed by atoms with Crippen molar-refractivity contribution in [1.82, 2.24) is 0 Å². The highest BCUT2D eigenvalue weighted by Crippen LogP contribution is 2.29. The van der Waals surface area contributed by atoms with Crippen molar-refractivity contribution >= 4 is 11.7 Å². The number of nitrogens with zero attached hydrogens (tertiary/aromatic N) is 1. The number of carboxylic acids is 1. The van der Waals surface area contributed by atoms with Gasteiger partial charge in [-0.05, 0) is 23.8 Å². The van der Waals surface area contributed by atoms with Gasteiger partial charge in [-0.15, -0.1) is 0 Å². The van der Waals surface area contributed by atoms with Crippen LogP contribution >= 0.6 is 0 Å². The zero-order chi connectivity index (χ0) is 9.42. The molecule has 0 aliphatic carbocycles. The SMILES string of the molecule is CN1c2cc[c]cc2CC1C(=O)O. The lowest BCUT2D eigenvalue weighted by atomic mass is 10.1. The highest BCUT2D eigenvalue weighted by Gasteiger charge is 2.31. The summed E-state index contributed by atoms with van der Waals surface area (Å²) in [5, 5.41) is 8.90. The quantitative estimate of drug-likeness (QED) is 0.692. The van der Waals surface area contributed by atoms with Gasteiger partial charge in [-0.25, -0.2) is 4.79 Å². The minimum atomic E-state index is -0.765. The lowest BCUT2D eigenvalue weighted by molar-refractivity contribution is -0.138. The van der Waals surface area contributed by atoms with Crippen LogP contribution in [-0.4, -0.2) is 24.2 Å². The second kappa shape index (κ2) is 2.76. The van der Waals surface area contributed by atoms with Crippen molar-refractivity contribution in [3.05, 3.63) is 29.8 Å². The Bertz CT molecular complexity index is 349. The largest absolute Gasteiger partial charge is 0.480 e. The molecule has 1 heterocycles. The maximum atomic E-state index is 10.8. The molecule has 2 rings (SSSR count). The Morgan fingerprint density at radius 2 is 2.54 bits per heavy atom. The van der Waals surface area contributed by atoms with Crippen molar-refractivity contribution in [2.75, 3.05) is 11.9 Å². The molecule has 0 spiro atoms. The topological polar surface area (TPSA) is 40.5 Å². The van der Waals surface area contributed by atoms with Gasteiger partial charge in [-0.1, -0.05) is 6.07 Å². The Balaban J connectivity index is 2.38. The molecule has 1 unspecified atom stereocenters. The number of carbonyl (C=O) groups is 1. The van der Waals surface area contributed by atoms with Crippen LogP contribution in [0, 0.1) is 6.07 Å². The Morgan fingerprint density at radius 1 is 1.77 bits per heavy atom. The molecule has 0 saturated heterocycles. The van der Waals surface area contributed by atoms with E-state index in [1.165, 1.54) is 0 Å². The second-order valence-electron chi connectivity index (χ2n) is 3.22. The van der Waals surface area contributed by atoms with Crippen molar-refractivity contribution in [2.24, 2.45) is 0 Å². The number of aliphatic carboxylic acids is 1. The van der Waals surface area contributed by atoms with Gasteiger partial charge in [-0.2, -0.15) is 0 Å². The van der Waals surface area contributed by atoms with Gasteiger partial charge in [0.05, 0.1) is 0 Å². The average molecular weight is 176 g/mol. The van der Waals surface area contributed by atoms with E-state index >= 15 is 0 Å². The maximum Gasteiger partial charge on any atom is 0.326 e. The van der Waals surface area contributed by atoms with Gasteiger partial charge in [-0.3, -0.25) is 0 Å². The van der Waals surface area contributed by atoms with Crippen molar-refractivity contribution in [3.8, 4) is 0 Å². The fourth-order valence-corrected chi connectivity index (χ4v) is 1.73. The van der Waals surface area contributed by atoms with Crippen LogP contribution in [0.1, 0.15) is 5.56 Å². The van der Waals surface area contributed by atoms with Crippen LogP contribution in [-0.2, 0) is 11.2 Å². The first-order valence-corrected chi connectivity index (χ1v) is 4.15. The first-order valence-electron chi connectivity index (χ1n) is 4.15. The van der Waals surface area contributed by atoms with E-state index in [1.54, 1.807) is 11.0 Å². The molecule has 0 fully saturated rings. The van der Waals surface area contributed by atoms with Gasteiger partial charge in [0.25, 0.3) is 0 Å². The lowest BCUT2D eigenvalue weighted by Gasteiger charge is -2.18. The minimum Gasteiger partial charge on any atom is -0.480 e. The molecule has 67 valence electrons. The van der Waals surface area contributed by atoms with E-state index in [9.17, 15) is 4.79 Å². The van der Waals surface area contributed by atoms with E-state index in [4.69, 9.17) is 5.11 Å². The maximum absolute atomic E-state index is 10.8. The molecular weight excluding hydrogens is 166 g/mol. The fraction of sp³-hybridized carbons (Fsp3) is 0.300. The van der Waals surface area contributed by atoms with Crippen LogP contribution in [0.25, 0.3) is 0 Å². The number of fused-ring (bicyclic) bond motifs is 1. The summed E-state index contributed by atoms with van der Waals surface area (Å²) in [5.41, 5.74) is 2.07. The Labute approximate surface area is 76.6 Å². The number of hydrogen-bond acceptors (Lipinski definition) is 2. The standard InChI is InChI=1S/C10H10NO2/c1-11-8-5-3-2-4-7(8)6-9(11)10(12)13/h3-5,9H,6H2,1H3,(H,12,13). The molecule has 1 N–H and O–H groups in total. The van der Waals surface area contributed by atoms with Gasteiger partial charge in [0, 0.05) is 19.2 Å². The summed E-state index contributed by atoms with van der Waals surface area (Å²) in [7, 11) is 1.81. The molecule has 1 radical (unpaired) electrons. The molecule has 1 aliphatic rings. The summed E-state index contributed by atoms with van der Waals surface area (Å²) in [6.07, 6.45) is 0.582. The molecule has 1 atom stereocenters. The third-order valence-corrected chi connectivity index (χ3v) is 2.47. The van der Waals surface area contributed by atoms with Gasteiger partial charge >= 0.3 is 5.97 Å². The zero-order valence-electron chi connectivity index (χ0n) is 7.32. The molecule has 0 aromatic heterocycles. The average Bonchev–Trinajstić information content (AvgIpc) is 2.45. The van der Waals surface area contributed by atoms with Crippen LogP contribution in [0.5, 0.6) is 0 Å². The third-order valence-electron chi connectivity index (χ3n) is 2.47. The summed E-state index contributed by atoms with van der Waals surface area (Å²) in [5.74, 6) is -0.765. The van der Waals surface area contributed by atoms with Crippen LogP contribution < -0.4 is 4.90 Å². The normalized spacial score (nSPS) is 20.1. The van der Waals surface area contributed by atoms with E-state index in [2.05, 4.69) is 6.07 Å². The monoisotopic (exact) mass is 176 g/mol. The number of rotatable bonds is 1. The molecule has 3 heteroatoms. The van der Waals surface area contributed by atoms with Gasteiger partial charge in [0.2, 0.25) is 0 Å². The van der Waals surface area contributed by atoms with Crippen molar-refractivity contribution in [3.63, 3.8) is 0 Å². The highest BCUT2D eigenvalue weighted by atomic mass is 16.4. The summed E-state index contributed by atoms with van der Waals surface area (Å²) >= 11 is 0. The third kappa shape index (κ3) is 1.16. The molecular formula is C10H10NO2. The first-order chi connectivity index (χ1) is 6.20. The molecule has 13 heavy (non-hydrogen) atoms. The molecule has 0 amide bonds. The lowest BCUT2D eigenvalue weighted by Crippen LogP contribution is -2.35. The zero-order valence-corrected chi connectivity index (χ0v) is 7.32. The van der Waals surface area contributed by atoms with E-state index in [0.29, 0.717) is 6.42 Å². The van der Waals surface area contributed by atoms with Crippen molar-refractivity contribution < 1.29 is 9.90 Å². The van der Waals surface area contributed by atoms with Crippen LogP contribution in [0.2, 0.25) is 0 Å². The molecule has 3 nitrogen and oxygen atoms in total. The number of benzene rings is 1. The fourth-order valence-electron chi connectivity index (χ4n) is 1.73. The number of anilines is 1. The predicted molar refractivity (Wildman–Crippen MR) is 48.8 cm³/mol. The molecule has 1 aliphatic heterocycles. The molecule has 1 aromatic rings. The van der Waals surface area contributed by atoms with Gasteiger partial charge < -0.3 is 10.0 Å². The summed E-state index contributed by atoms with van der Waals surface area (Å²) < 4.78 is 0. The number of likely N-dealkylation sites (N-methyl/N-ethyl adjacent to an activating group) is 1. The van der Waals surface area contributed by atoms with Crippen LogP contribution in [0.4, 0.5) is 5.69 Å². The van der Waals surface area contributed by atoms with E-state index < -0.39 is 12.0 Å². The highest BCUT2D eigenvalue weighted by molar-refractivity contribution is 5.82. The van der Waals surface area contributed by atoms with E-state index in [0.717, 1.165) is 11.3 Å². The Hall–Kier alpha value is -1.51. The van der Waals surface area contributed by atoms with Gasteiger partial charge in [0.1, 0.15) is 6.04 Å². The van der Waals surface area contributed by atoms with Crippen molar-refractivity contribution in [1.29, 1.82) is 0 Å². The second-order valence-corrected chi connectivity index (χ2v) is 3.22. The van der Waals surface area contributed by atoms with Crippen LogP contribution in [0.15, 0.2) is 18.2 Å².